The predicted molar refractivity (Wildman–Crippen MR) is 86.1 cm³/mol. The van der Waals surface area contributed by atoms with E-state index < -0.39 is 0 Å². The summed E-state index contributed by atoms with van der Waals surface area (Å²) in [4.78, 5) is 30.7. The molecule has 1 unspecified atom stereocenters. The normalized spacial score (nSPS) is 20.3. The number of rotatable bonds is 4. The third kappa shape index (κ3) is 3.06. The maximum atomic E-state index is 12.0. The average Bonchev–Trinajstić information content (AvgIpc) is 2.83. The largest absolute Gasteiger partial charge is 0.362 e. The van der Waals surface area contributed by atoms with Gasteiger partial charge in [-0.25, -0.2) is 0 Å². The number of nitrogens with one attached hydrogen (secondary N) is 1. The van der Waals surface area contributed by atoms with Crippen LogP contribution >= 0.6 is 11.8 Å². The molecule has 1 aliphatic heterocycles. The van der Waals surface area contributed by atoms with Crippen LogP contribution in [0.2, 0.25) is 0 Å². The Morgan fingerprint density at radius 1 is 1.41 bits per heavy atom. The third-order valence-electron chi connectivity index (χ3n) is 3.76. The van der Waals surface area contributed by atoms with Crippen LogP contribution in [-0.4, -0.2) is 40.5 Å². The van der Waals surface area contributed by atoms with Crippen molar-refractivity contribution in [1.82, 2.24) is 15.2 Å². The van der Waals surface area contributed by atoms with Crippen LogP contribution in [0.5, 0.6) is 0 Å². The number of carbonyl (C=O) groups excluding carboxylic acids is 2. The molecule has 114 valence electrons. The zero-order valence-corrected chi connectivity index (χ0v) is 13.1. The highest BCUT2D eigenvalue weighted by Crippen LogP contribution is 2.42. The smallest absolute Gasteiger partial charge is 0.251 e. The molecule has 1 N–H and O–H groups in total. The number of thioether (sulfide) groups is 1. The van der Waals surface area contributed by atoms with Crippen LogP contribution < -0.4 is 5.32 Å². The van der Waals surface area contributed by atoms with Crippen LogP contribution in [0.4, 0.5) is 0 Å². The monoisotopic (exact) mass is 315 g/mol. The van der Waals surface area contributed by atoms with E-state index in [1.165, 1.54) is 0 Å². The number of hydrogen-bond donors (Lipinski definition) is 1. The molecule has 0 aromatic carbocycles. The molecular formula is C16H17N3O2S. The van der Waals surface area contributed by atoms with Crippen molar-refractivity contribution in [3.8, 4) is 0 Å². The number of likely N-dealkylation sites (N-methyl/N-ethyl adjacent to an activating group) is 1. The molecule has 22 heavy (non-hydrogen) atoms. The van der Waals surface area contributed by atoms with Crippen LogP contribution in [0.3, 0.4) is 0 Å². The van der Waals surface area contributed by atoms with E-state index in [-0.39, 0.29) is 17.1 Å². The van der Waals surface area contributed by atoms with E-state index in [0.29, 0.717) is 18.5 Å². The molecule has 0 radical (unpaired) electrons. The van der Waals surface area contributed by atoms with E-state index in [0.717, 1.165) is 17.0 Å². The van der Waals surface area contributed by atoms with Crippen molar-refractivity contribution in [3.05, 3.63) is 52.8 Å². The molecule has 0 saturated heterocycles. The first kappa shape index (κ1) is 14.8. The molecule has 6 heteroatoms. The van der Waals surface area contributed by atoms with Gasteiger partial charge in [-0.3, -0.25) is 14.6 Å². The molecular weight excluding hydrogens is 298 g/mol. The fourth-order valence-corrected chi connectivity index (χ4v) is 3.95. The molecule has 0 saturated carbocycles. The quantitative estimate of drug-likeness (QED) is 0.920. The van der Waals surface area contributed by atoms with Crippen molar-refractivity contribution in [2.45, 2.75) is 18.2 Å². The van der Waals surface area contributed by atoms with E-state index >= 15 is 0 Å². The van der Waals surface area contributed by atoms with Gasteiger partial charge in [0.1, 0.15) is 0 Å². The molecule has 0 spiro atoms. The van der Waals surface area contributed by atoms with Crippen molar-refractivity contribution in [1.29, 1.82) is 0 Å². The van der Waals surface area contributed by atoms with Crippen molar-refractivity contribution in [2.75, 3.05) is 13.6 Å². The summed E-state index contributed by atoms with van der Waals surface area (Å²) in [7, 11) is 2.03. The Morgan fingerprint density at radius 3 is 2.95 bits per heavy atom. The summed E-state index contributed by atoms with van der Waals surface area (Å²) in [6.07, 6.45) is 8.08. The summed E-state index contributed by atoms with van der Waals surface area (Å²) in [6, 6.07) is 3.39. The number of hydrogen-bond acceptors (Lipinski definition) is 5. The molecule has 2 heterocycles. The van der Waals surface area contributed by atoms with Gasteiger partial charge in [0.05, 0.1) is 5.37 Å². The van der Waals surface area contributed by atoms with Crippen LogP contribution in [0.25, 0.3) is 0 Å². The Morgan fingerprint density at radius 2 is 2.18 bits per heavy atom. The summed E-state index contributed by atoms with van der Waals surface area (Å²) in [5.74, 6) is 0.0761. The SMILES string of the molecule is CN1C2=C(CC(=O)C=C2)SC1CCNC(=O)c1ccncc1. The van der Waals surface area contributed by atoms with E-state index in [9.17, 15) is 9.59 Å². The Labute approximate surface area is 133 Å². The second kappa shape index (κ2) is 6.36. The zero-order chi connectivity index (χ0) is 15.5. The maximum absolute atomic E-state index is 12.0. The Kier molecular flexibility index (Phi) is 4.29. The highest BCUT2D eigenvalue weighted by molar-refractivity contribution is 8.03. The van der Waals surface area contributed by atoms with Gasteiger partial charge in [0, 0.05) is 48.6 Å². The predicted octanol–water partition coefficient (Wildman–Crippen LogP) is 1.95. The lowest BCUT2D eigenvalue weighted by molar-refractivity contribution is -0.114. The van der Waals surface area contributed by atoms with Crippen molar-refractivity contribution < 1.29 is 9.59 Å². The van der Waals surface area contributed by atoms with Crippen molar-refractivity contribution >= 4 is 23.5 Å². The molecule has 0 fully saturated rings. The minimum Gasteiger partial charge on any atom is -0.362 e. The van der Waals surface area contributed by atoms with Gasteiger partial charge in [-0.1, -0.05) is 0 Å². The Hall–Kier alpha value is -2.08. The van der Waals surface area contributed by atoms with E-state index in [2.05, 4.69) is 15.2 Å². The number of ketones is 1. The maximum Gasteiger partial charge on any atom is 0.251 e. The zero-order valence-electron chi connectivity index (χ0n) is 12.3. The minimum atomic E-state index is -0.0825. The van der Waals surface area contributed by atoms with E-state index in [1.807, 2.05) is 13.1 Å². The number of aromatic nitrogens is 1. The molecule has 2 aliphatic rings. The lowest BCUT2D eigenvalue weighted by atomic mass is 10.1. The van der Waals surface area contributed by atoms with Gasteiger partial charge in [0.2, 0.25) is 0 Å². The topological polar surface area (TPSA) is 62.3 Å². The summed E-state index contributed by atoms with van der Waals surface area (Å²) in [5.41, 5.74) is 1.75. The number of allylic oxidation sites excluding steroid dienone is 3. The molecule has 3 rings (SSSR count). The van der Waals surface area contributed by atoms with Crippen LogP contribution in [0.1, 0.15) is 23.2 Å². The average molecular weight is 315 g/mol. The molecule has 0 bridgehead atoms. The van der Waals surface area contributed by atoms with Gasteiger partial charge < -0.3 is 10.2 Å². The highest BCUT2D eigenvalue weighted by atomic mass is 32.2. The molecule has 1 aromatic rings. The lowest BCUT2D eigenvalue weighted by Gasteiger charge is -2.23. The first-order valence-electron chi connectivity index (χ1n) is 7.17. The number of amides is 1. The van der Waals surface area contributed by atoms with Crippen LogP contribution in [0.15, 0.2) is 47.3 Å². The summed E-state index contributed by atoms with van der Waals surface area (Å²) in [6.45, 7) is 0.599. The molecule has 1 aromatic heterocycles. The third-order valence-corrected chi connectivity index (χ3v) is 5.22. The fraction of sp³-hybridized carbons (Fsp3) is 0.312. The molecule has 1 atom stereocenters. The fourth-order valence-electron chi connectivity index (χ4n) is 2.55. The van der Waals surface area contributed by atoms with Crippen LogP contribution in [-0.2, 0) is 4.79 Å². The van der Waals surface area contributed by atoms with Crippen molar-refractivity contribution in [2.24, 2.45) is 0 Å². The Bertz CT molecular complexity index is 655. The molecule has 1 aliphatic carbocycles. The first-order valence-corrected chi connectivity index (χ1v) is 8.05. The van der Waals surface area contributed by atoms with E-state index in [1.54, 1.807) is 42.4 Å². The number of nitrogens with zero attached hydrogens (tertiary/aromatic N) is 2. The van der Waals surface area contributed by atoms with Gasteiger partial charge in [-0.2, -0.15) is 0 Å². The summed E-state index contributed by atoms with van der Waals surface area (Å²) >= 11 is 1.73. The summed E-state index contributed by atoms with van der Waals surface area (Å²) < 4.78 is 0. The molecule has 5 nitrogen and oxygen atoms in total. The first-order chi connectivity index (χ1) is 10.6. The van der Waals surface area contributed by atoms with Crippen LogP contribution in [0, 0.1) is 0 Å². The lowest BCUT2D eigenvalue weighted by Crippen LogP contribution is -2.31. The Balaban J connectivity index is 1.51. The van der Waals surface area contributed by atoms with Gasteiger partial charge >= 0.3 is 0 Å². The summed E-state index contributed by atoms with van der Waals surface area (Å²) in [5, 5.41) is 3.19. The standard InChI is InChI=1S/C16H17N3O2S/c1-19-13-3-2-12(20)10-14(13)22-15(19)6-9-18-16(21)11-4-7-17-8-5-11/h2-5,7-8,15H,6,9-10H2,1H3,(H,18,21). The number of carbonyl (C=O) groups is 2. The molecule has 1 amide bonds. The second-order valence-corrected chi connectivity index (χ2v) is 6.52. The van der Waals surface area contributed by atoms with Gasteiger partial charge in [-0.15, -0.1) is 11.8 Å². The van der Waals surface area contributed by atoms with Gasteiger partial charge in [0.15, 0.2) is 5.78 Å². The highest BCUT2D eigenvalue weighted by Gasteiger charge is 2.30. The van der Waals surface area contributed by atoms with Crippen molar-refractivity contribution in [3.63, 3.8) is 0 Å². The second-order valence-electron chi connectivity index (χ2n) is 5.25. The minimum absolute atomic E-state index is 0.0825. The van der Waals surface area contributed by atoms with Gasteiger partial charge in [0.25, 0.3) is 5.91 Å². The van der Waals surface area contributed by atoms with Gasteiger partial charge in [-0.05, 0) is 30.7 Å². The number of pyridine rings is 1. The van der Waals surface area contributed by atoms with E-state index in [4.69, 9.17) is 0 Å².